The topological polar surface area (TPSA) is 129 Å². The SMILES string of the molecule is Cn1cnnc1Sc1ccc([C@H](Nc2ccccn2)n2nnc3ccccc32)cc1[N+](=O)[O-]. The van der Waals surface area contributed by atoms with Gasteiger partial charge in [0.25, 0.3) is 5.69 Å². The minimum atomic E-state index is -0.583. The lowest BCUT2D eigenvalue weighted by Gasteiger charge is -2.21. The summed E-state index contributed by atoms with van der Waals surface area (Å²) in [5.74, 6) is 0.599. The number of aryl methyl sites for hydroxylation is 1. The molecule has 0 spiro atoms. The zero-order chi connectivity index (χ0) is 22.8. The van der Waals surface area contributed by atoms with E-state index in [0.717, 1.165) is 5.52 Å². The summed E-state index contributed by atoms with van der Waals surface area (Å²) in [6.45, 7) is 0. The lowest BCUT2D eigenvalue weighted by Crippen LogP contribution is -2.21. The zero-order valence-electron chi connectivity index (χ0n) is 17.3. The van der Waals surface area contributed by atoms with Gasteiger partial charge in [-0.1, -0.05) is 29.5 Å². The van der Waals surface area contributed by atoms with Gasteiger partial charge in [0.05, 0.1) is 15.3 Å². The standard InChI is InChI=1S/C21H17N9O2S/c1-28-13-23-26-21(28)33-18-10-9-14(12-17(18)30(31)32)20(24-19-8-4-5-11-22-19)29-16-7-3-2-6-15(16)25-27-29/h2-13,20H,1H3,(H,22,24)/t20-/m1/s1. The summed E-state index contributed by atoms with van der Waals surface area (Å²) in [7, 11) is 1.78. The van der Waals surface area contributed by atoms with Crippen LogP contribution in [0.3, 0.4) is 0 Å². The number of fused-ring (bicyclic) bond motifs is 1. The first-order chi connectivity index (χ1) is 16.1. The maximum atomic E-state index is 11.9. The number of para-hydroxylation sites is 1. The second-order valence-electron chi connectivity index (χ2n) is 7.10. The summed E-state index contributed by atoms with van der Waals surface area (Å²) in [5.41, 5.74) is 2.09. The fraction of sp³-hybridized carbons (Fsp3) is 0.0952. The van der Waals surface area contributed by atoms with Crippen molar-refractivity contribution in [2.24, 2.45) is 7.05 Å². The van der Waals surface area contributed by atoms with Gasteiger partial charge in [0, 0.05) is 24.9 Å². The molecule has 164 valence electrons. The molecule has 0 amide bonds. The van der Waals surface area contributed by atoms with Crippen molar-refractivity contribution in [2.75, 3.05) is 5.32 Å². The molecule has 0 aliphatic rings. The van der Waals surface area contributed by atoms with Gasteiger partial charge in [0.2, 0.25) is 0 Å². The monoisotopic (exact) mass is 459 g/mol. The van der Waals surface area contributed by atoms with Crippen LogP contribution >= 0.6 is 11.8 Å². The van der Waals surface area contributed by atoms with E-state index in [9.17, 15) is 10.1 Å². The van der Waals surface area contributed by atoms with Crippen LogP contribution in [0.25, 0.3) is 11.0 Å². The van der Waals surface area contributed by atoms with E-state index >= 15 is 0 Å². The van der Waals surface area contributed by atoms with Gasteiger partial charge in [-0.05, 0) is 42.1 Å². The first kappa shape index (κ1) is 20.6. The Hall–Kier alpha value is -4.32. The molecule has 0 aliphatic heterocycles. The van der Waals surface area contributed by atoms with Gasteiger partial charge < -0.3 is 9.88 Å². The highest BCUT2D eigenvalue weighted by atomic mass is 32.2. The minimum Gasteiger partial charge on any atom is -0.345 e. The van der Waals surface area contributed by atoms with Crippen molar-refractivity contribution in [3.8, 4) is 0 Å². The fourth-order valence-electron chi connectivity index (χ4n) is 3.35. The molecule has 0 aliphatic carbocycles. The molecule has 3 aromatic heterocycles. The van der Waals surface area contributed by atoms with Crippen molar-refractivity contribution < 1.29 is 4.92 Å². The third-order valence-electron chi connectivity index (χ3n) is 4.94. The highest BCUT2D eigenvalue weighted by Gasteiger charge is 2.24. The van der Waals surface area contributed by atoms with Gasteiger partial charge in [-0.3, -0.25) is 10.1 Å². The molecule has 33 heavy (non-hydrogen) atoms. The molecular formula is C21H17N9O2S. The van der Waals surface area contributed by atoms with Gasteiger partial charge in [-0.25, -0.2) is 9.67 Å². The Morgan fingerprint density at radius 2 is 1.94 bits per heavy atom. The molecular weight excluding hydrogens is 442 g/mol. The van der Waals surface area contributed by atoms with Crippen molar-refractivity contribution in [1.82, 2.24) is 34.7 Å². The Balaban J connectivity index is 1.60. The summed E-state index contributed by atoms with van der Waals surface area (Å²) in [6, 6.07) is 18.1. The van der Waals surface area contributed by atoms with Crippen LogP contribution in [0.4, 0.5) is 11.5 Å². The molecule has 3 heterocycles. The fourth-order valence-corrected chi connectivity index (χ4v) is 4.20. The van der Waals surface area contributed by atoms with Crippen LogP contribution in [0.15, 0.2) is 83.2 Å². The lowest BCUT2D eigenvalue weighted by molar-refractivity contribution is -0.387. The smallest absolute Gasteiger partial charge is 0.283 e. The quantitative estimate of drug-likeness (QED) is 0.286. The molecule has 1 N–H and O–H groups in total. The molecule has 11 nitrogen and oxygen atoms in total. The van der Waals surface area contributed by atoms with Crippen molar-refractivity contribution in [3.05, 3.63) is 88.9 Å². The summed E-state index contributed by atoms with van der Waals surface area (Å²) in [5, 5.41) is 32.2. The predicted molar refractivity (Wildman–Crippen MR) is 122 cm³/mol. The summed E-state index contributed by atoms with van der Waals surface area (Å²) >= 11 is 1.18. The number of aromatic nitrogens is 7. The number of nitro benzene ring substituents is 1. The Morgan fingerprint density at radius 1 is 1.09 bits per heavy atom. The molecule has 2 aromatic carbocycles. The maximum absolute atomic E-state index is 11.9. The van der Waals surface area contributed by atoms with E-state index in [1.54, 1.807) is 34.9 Å². The average molecular weight is 459 g/mol. The second kappa shape index (κ2) is 8.67. The molecule has 12 heteroatoms. The van der Waals surface area contributed by atoms with Crippen molar-refractivity contribution in [3.63, 3.8) is 0 Å². The van der Waals surface area contributed by atoms with E-state index in [4.69, 9.17) is 0 Å². The summed E-state index contributed by atoms with van der Waals surface area (Å²) in [4.78, 5) is 16.3. The number of nitrogens with zero attached hydrogens (tertiary/aromatic N) is 8. The van der Waals surface area contributed by atoms with Gasteiger partial charge in [-0.2, -0.15) is 0 Å². The van der Waals surface area contributed by atoms with Gasteiger partial charge in [-0.15, -0.1) is 15.3 Å². The minimum absolute atomic E-state index is 0.0438. The highest BCUT2D eigenvalue weighted by molar-refractivity contribution is 7.99. The molecule has 0 radical (unpaired) electrons. The number of hydrogen-bond donors (Lipinski definition) is 1. The first-order valence-electron chi connectivity index (χ1n) is 9.88. The number of hydrogen-bond acceptors (Lipinski definition) is 9. The number of nitro groups is 1. The van der Waals surface area contributed by atoms with E-state index in [1.165, 1.54) is 17.8 Å². The summed E-state index contributed by atoms with van der Waals surface area (Å²) < 4.78 is 3.40. The highest BCUT2D eigenvalue weighted by Crippen LogP contribution is 2.36. The van der Waals surface area contributed by atoms with Gasteiger partial charge in [0.15, 0.2) is 5.16 Å². The lowest BCUT2D eigenvalue weighted by atomic mass is 10.1. The molecule has 0 fully saturated rings. The van der Waals surface area contributed by atoms with Crippen LogP contribution in [0.1, 0.15) is 11.7 Å². The predicted octanol–water partition coefficient (Wildman–Crippen LogP) is 3.67. The van der Waals surface area contributed by atoms with Crippen LogP contribution in [-0.4, -0.2) is 39.7 Å². The van der Waals surface area contributed by atoms with Crippen molar-refractivity contribution >= 4 is 34.3 Å². The van der Waals surface area contributed by atoms with E-state index in [0.29, 0.717) is 26.9 Å². The zero-order valence-corrected chi connectivity index (χ0v) is 18.1. The molecule has 0 saturated carbocycles. The Morgan fingerprint density at radius 3 is 2.70 bits per heavy atom. The normalized spacial score (nSPS) is 12.0. The van der Waals surface area contributed by atoms with E-state index in [2.05, 4.69) is 30.8 Å². The van der Waals surface area contributed by atoms with Crippen LogP contribution < -0.4 is 5.32 Å². The average Bonchev–Trinajstić information content (AvgIpc) is 3.44. The number of pyridine rings is 1. The van der Waals surface area contributed by atoms with Crippen LogP contribution in [0, 0.1) is 10.1 Å². The third kappa shape index (κ3) is 4.11. The van der Waals surface area contributed by atoms with E-state index in [-0.39, 0.29) is 5.69 Å². The van der Waals surface area contributed by atoms with Crippen molar-refractivity contribution in [1.29, 1.82) is 0 Å². The molecule has 5 rings (SSSR count). The first-order valence-corrected chi connectivity index (χ1v) is 10.7. The molecule has 0 saturated heterocycles. The Bertz CT molecular complexity index is 1430. The van der Waals surface area contributed by atoms with Crippen molar-refractivity contribution in [2.45, 2.75) is 16.2 Å². The molecule has 0 bridgehead atoms. The van der Waals surface area contributed by atoms with Crippen LogP contribution in [-0.2, 0) is 7.05 Å². The number of anilines is 1. The number of rotatable bonds is 7. The second-order valence-corrected chi connectivity index (χ2v) is 8.10. The number of benzene rings is 2. The maximum Gasteiger partial charge on any atom is 0.283 e. The summed E-state index contributed by atoms with van der Waals surface area (Å²) in [6.07, 6.45) is 2.63. The Kier molecular flexibility index (Phi) is 5.40. The van der Waals surface area contributed by atoms with Gasteiger partial charge in [0.1, 0.15) is 23.8 Å². The third-order valence-corrected chi connectivity index (χ3v) is 6.06. The molecule has 0 unspecified atom stereocenters. The Labute approximate surface area is 191 Å². The molecule has 5 aromatic rings. The van der Waals surface area contributed by atoms with Gasteiger partial charge >= 0.3 is 0 Å². The number of nitrogens with one attached hydrogen (secondary N) is 1. The van der Waals surface area contributed by atoms with Crippen LogP contribution in [0.2, 0.25) is 0 Å². The van der Waals surface area contributed by atoms with E-state index in [1.807, 2.05) is 48.5 Å². The van der Waals surface area contributed by atoms with E-state index < -0.39 is 11.1 Å². The largest absolute Gasteiger partial charge is 0.345 e. The molecule has 1 atom stereocenters. The van der Waals surface area contributed by atoms with Crippen LogP contribution in [0.5, 0.6) is 0 Å².